The molecule has 1 atom stereocenters. The largest absolute Gasteiger partial charge is 0.481 e. The van der Waals surface area contributed by atoms with Gasteiger partial charge < -0.3 is 10.0 Å². The highest BCUT2D eigenvalue weighted by Crippen LogP contribution is 2.24. The molecule has 0 aromatic heterocycles. The average Bonchev–Trinajstić information content (AvgIpc) is 2.28. The lowest BCUT2D eigenvalue weighted by Crippen LogP contribution is -2.28. The second-order valence-electron chi connectivity index (χ2n) is 4.35. The Morgan fingerprint density at radius 1 is 1.56 bits per heavy atom. The van der Waals surface area contributed by atoms with Gasteiger partial charge in [0.25, 0.3) is 5.69 Å². The number of carbonyl (C=O) groups is 1. The van der Waals surface area contributed by atoms with Crippen molar-refractivity contribution in [3.63, 3.8) is 0 Å². The fourth-order valence-corrected chi connectivity index (χ4v) is 1.63. The zero-order valence-corrected chi connectivity index (χ0v) is 10.6. The average molecular weight is 252 g/mol. The molecule has 0 bridgehead atoms. The zero-order valence-electron chi connectivity index (χ0n) is 10.6. The molecule has 0 aliphatic carbocycles. The van der Waals surface area contributed by atoms with Crippen molar-refractivity contribution in [3.8, 4) is 0 Å². The molecule has 0 fully saturated rings. The number of aryl methyl sites for hydroxylation is 1. The van der Waals surface area contributed by atoms with Gasteiger partial charge in [-0.05, 0) is 13.0 Å². The smallest absolute Gasteiger partial charge is 0.308 e. The minimum absolute atomic E-state index is 0.0438. The summed E-state index contributed by atoms with van der Waals surface area (Å²) in [5, 5.41) is 19.6. The van der Waals surface area contributed by atoms with Gasteiger partial charge in [-0.25, -0.2) is 0 Å². The van der Waals surface area contributed by atoms with Crippen molar-refractivity contribution in [1.29, 1.82) is 0 Å². The summed E-state index contributed by atoms with van der Waals surface area (Å²) in [6, 6.07) is 4.87. The summed E-state index contributed by atoms with van der Waals surface area (Å²) >= 11 is 0. The summed E-state index contributed by atoms with van der Waals surface area (Å²) in [5.41, 5.74) is 1.27. The number of nitro benzene ring substituents is 1. The number of anilines is 1. The van der Waals surface area contributed by atoms with E-state index < -0.39 is 16.8 Å². The topological polar surface area (TPSA) is 83.7 Å². The van der Waals surface area contributed by atoms with E-state index in [0.29, 0.717) is 17.8 Å². The SMILES string of the molecule is Cc1ccc(N(C)CC(C)C(=O)O)cc1[N+](=O)[O-]. The normalized spacial score (nSPS) is 11.9. The van der Waals surface area contributed by atoms with E-state index in [1.807, 2.05) is 0 Å². The lowest BCUT2D eigenvalue weighted by Gasteiger charge is -2.21. The molecule has 0 aliphatic heterocycles. The highest BCUT2D eigenvalue weighted by molar-refractivity contribution is 5.70. The number of nitrogens with zero attached hydrogens (tertiary/aromatic N) is 2. The molecular formula is C12H16N2O4. The Labute approximate surface area is 105 Å². The van der Waals surface area contributed by atoms with Crippen LogP contribution in [0.4, 0.5) is 11.4 Å². The molecule has 1 aromatic rings. The predicted octanol–water partition coefficient (Wildman–Crippen LogP) is 2.06. The number of nitro groups is 1. The maximum atomic E-state index is 10.8. The third-order valence-electron chi connectivity index (χ3n) is 2.80. The van der Waals surface area contributed by atoms with Crippen molar-refractivity contribution in [2.75, 3.05) is 18.5 Å². The second kappa shape index (κ2) is 5.48. The van der Waals surface area contributed by atoms with Crippen molar-refractivity contribution in [1.82, 2.24) is 0 Å². The van der Waals surface area contributed by atoms with Crippen molar-refractivity contribution >= 4 is 17.3 Å². The number of aliphatic carboxylic acids is 1. The highest BCUT2D eigenvalue weighted by atomic mass is 16.6. The van der Waals surface area contributed by atoms with Crippen LogP contribution in [-0.4, -0.2) is 29.6 Å². The molecule has 0 amide bonds. The Bertz CT molecular complexity index is 473. The van der Waals surface area contributed by atoms with Crippen LogP contribution < -0.4 is 4.90 Å². The first-order chi connectivity index (χ1) is 8.32. The van der Waals surface area contributed by atoms with Gasteiger partial charge in [0.05, 0.1) is 10.8 Å². The van der Waals surface area contributed by atoms with E-state index in [9.17, 15) is 14.9 Å². The molecule has 1 rings (SSSR count). The molecule has 0 radical (unpaired) electrons. The molecule has 1 unspecified atom stereocenters. The Kier molecular flexibility index (Phi) is 4.25. The van der Waals surface area contributed by atoms with Gasteiger partial charge in [-0.3, -0.25) is 14.9 Å². The third kappa shape index (κ3) is 3.19. The van der Waals surface area contributed by atoms with Crippen molar-refractivity contribution < 1.29 is 14.8 Å². The highest BCUT2D eigenvalue weighted by Gasteiger charge is 2.17. The van der Waals surface area contributed by atoms with Gasteiger partial charge in [-0.15, -0.1) is 0 Å². The van der Waals surface area contributed by atoms with Gasteiger partial charge in [-0.2, -0.15) is 0 Å². The van der Waals surface area contributed by atoms with Crippen LogP contribution >= 0.6 is 0 Å². The van der Waals surface area contributed by atoms with Crippen LogP contribution in [0.25, 0.3) is 0 Å². The molecule has 98 valence electrons. The first kappa shape index (κ1) is 14.0. The number of rotatable bonds is 5. The van der Waals surface area contributed by atoms with Crippen molar-refractivity contribution in [2.24, 2.45) is 5.92 Å². The molecular weight excluding hydrogens is 236 g/mol. The summed E-state index contributed by atoms with van der Waals surface area (Å²) in [7, 11) is 1.72. The molecule has 0 spiro atoms. The summed E-state index contributed by atoms with van der Waals surface area (Å²) < 4.78 is 0. The van der Waals surface area contributed by atoms with Crippen LogP contribution in [0, 0.1) is 23.0 Å². The van der Waals surface area contributed by atoms with Crippen LogP contribution in [0.5, 0.6) is 0 Å². The van der Waals surface area contributed by atoms with E-state index in [0.717, 1.165) is 0 Å². The number of carboxylic acids is 1. The minimum Gasteiger partial charge on any atom is -0.481 e. The van der Waals surface area contributed by atoms with Crippen molar-refractivity contribution in [3.05, 3.63) is 33.9 Å². The molecule has 6 heteroatoms. The van der Waals surface area contributed by atoms with Crippen LogP contribution in [0.1, 0.15) is 12.5 Å². The van der Waals surface area contributed by atoms with E-state index in [2.05, 4.69) is 0 Å². The summed E-state index contributed by atoms with van der Waals surface area (Å²) in [6.07, 6.45) is 0. The van der Waals surface area contributed by atoms with E-state index in [4.69, 9.17) is 5.11 Å². The predicted molar refractivity (Wildman–Crippen MR) is 67.9 cm³/mol. The van der Waals surface area contributed by atoms with Gasteiger partial charge in [0, 0.05) is 30.9 Å². The molecule has 18 heavy (non-hydrogen) atoms. The summed E-state index contributed by atoms with van der Waals surface area (Å²) in [4.78, 5) is 22.8. The fraction of sp³-hybridized carbons (Fsp3) is 0.417. The Morgan fingerprint density at radius 3 is 2.67 bits per heavy atom. The van der Waals surface area contributed by atoms with Crippen LogP contribution in [0.2, 0.25) is 0 Å². The number of hydrogen-bond donors (Lipinski definition) is 1. The lowest BCUT2D eigenvalue weighted by molar-refractivity contribution is -0.385. The van der Waals surface area contributed by atoms with Gasteiger partial charge in [-0.1, -0.05) is 13.0 Å². The Balaban J connectivity index is 2.93. The minimum atomic E-state index is -0.886. The fourth-order valence-electron chi connectivity index (χ4n) is 1.63. The first-order valence-corrected chi connectivity index (χ1v) is 5.52. The number of benzene rings is 1. The molecule has 0 heterocycles. The monoisotopic (exact) mass is 252 g/mol. The Morgan fingerprint density at radius 2 is 2.17 bits per heavy atom. The molecule has 6 nitrogen and oxygen atoms in total. The Hall–Kier alpha value is -2.11. The van der Waals surface area contributed by atoms with Gasteiger partial charge in [0.2, 0.25) is 0 Å². The molecule has 0 aliphatic rings. The van der Waals surface area contributed by atoms with Gasteiger partial charge in [0.1, 0.15) is 0 Å². The van der Waals surface area contributed by atoms with E-state index in [1.165, 1.54) is 6.07 Å². The van der Waals surface area contributed by atoms with Crippen LogP contribution in [0.3, 0.4) is 0 Å². The van der Waals surface area contributed by atoms with E-state index in [-0.39, 0.29) is 5.69 Å². The standard InChI is InChI=1S/C12H16N2O4/c1-8-4-5-10(6-11(8)14(17)18)13(3)7-9(2)12(15)16/h4-6,9H,7H2,1-3H3,(H,15,16). The molecule has 1 N–H and O–H groups in total. The summed E-state index contributed by atoms with van der Waals surface area (Å²) in [6.45, 7) is 3.57. The third-order valence-corrected chi connectivity index (χ3v) is 2.80. The van der Waals surface area contributed by atoms with E-state index in [1.54, 1.807) is 37.9 Å². The zero-order chi connectivity index (χ0) is 13.9. The van der Waals surface area contributed by atoms with Crippen molar-refractivity contribution in [2.45, 2.75) is 13.8 Å². The van der Waals surface area contributed by atoms with Gasteiger partial charge in [0.15, 0.2) is 0 Å². The van der Waals surface area contributed by atoms with Crippen LogP contribution in [0.15, 0.2) is 18.2 Å². The van der Waals surface area contributed by atoms with Gasteiger partial charge >= 0.3 is 5.97 Å². The quantitative estimate of drug-likeness (QED) is 0.640. The lowest BCUT2D eigenvalue weighted by atomic mass is 10.1. The maximum Gasteiger partial charge on any atom is 0.308 e. The second-order valence-corrected chi connectivity index (χ2v) is 4.35. The van der Waals surface area contributed by atoms with E-state index >= 15 is 0 Å². The molecule has 1 aromatic carbocycles. The number of hydrogen-bond acceptors (Lipinski definition) is 4. The first-order valence-electron chi connectivity index (χ1n) is 5.52. The summed E-state index contributed by atoms with van der Waals surface area (Å²) in [5.74, 6) is -1.42. The van der Waals surface area contributed by atoms with Crippen LogP contribution in [-0.2, 0) is 4.79 Å². The number of carboxylic acid groups (broad SMARTS) is 1. The maximum absolute atomic E-state index is 10.8. The molecule has 0 saturated heterocycles. The molecule has 0 saturated carbocycles.